The lowest BCUT2D eigenvalue weighted by Gasteiger charge is -2.31. The Bertz CT molecular complexity index is 644. The predicted octanol–water partition coefficient (Wildman–Crippen LogP) is 4.01. The molecule has 0 radical (unpaired) electrons. The number of rotatable bonds is 3. The Labute approximate surface area is 129 Å². The van der Waals surface area contributed by atoms with E-state index in [1.807, 2.05) is 30.3 Å². The van der Waals surface area contributed by atoms with Crippen molar-refractivity contribution < 1.29 is 9.47 Å². The third-order valence-corrected chi connectivity index (χ3v) is 3.98. The van der Waals surface area contributed by atoms with Crippen molar-refractivity contribution in [1.29, 1.82) is 0 Å². The first kappa shape index (κ1) is 14.4. The number of nitrogens with two attached hydrogens (primary N) is 1. The highest BCUT2D eigenvalue weighted by Crippen LogP contribution is 2.40. The van der Waals surface area contributed by atoms with Crippen LogP contribution < -0.4 is 10.5 Å². The van der Waals surface area contributed by atoms with Crippen molar-refractivity contribution in [3.63, 3.8) is 0 Å². The number of hydrogen-bond acceptors (Lipinski definition) is 3. The summed E-state index contributed by atoms with van der Waals surface area (Å²) in [7, 11) is 1.69. The van der Waals surface area contributed by atoms with Crippen LogP contribution in [0.5, 0.6) is 5.75 Å². The van der Waals surface area contributed by atoms with E-state index in [0.29, 0.717) is 11.6 Å². The first-order valence-corrected chi connectivity index (χ1v) is 7.34. The number of methoxy groups -OCH3 is 1. The van der Waals surface area contributed by atoms with E-state index in [1.54, 1.807) is 7.11 Å². The van der Waals surface area contributed by atoms with Crippen molar-refractivity contribution in [1.82, 2.24) is 0 Å². The van der Waals surface area contributed by atoms with Gasteiger partial charge in [0.05, 0.1) is 6.61 Å². The molecular formula is C17H18ClNO2. The second-order valence-electron chi connectivity index (χ2n) is 5.31. The molecule has 2 N–H and O–H groups in total. The fraction of sp³-hybridized carbons (Fsp3) is 0.294. The van der Waals surface area contributed by atoms with Crippen molar-refractivity contribution in [2.75, 3.05) is 7.11 Å². The summed E-state index contributed by atoms with van der Waals surface area (Å²) in [5, 5.41) is 0.688. The zero-order chi connectivity index (χ0) is 14.8. The highest BCUT2D eigenvalue weighted by molar-refractivity contribution is 6.30. The van der Waals surface area contributed by atoms with Gasteiger partial charge >= 0.3 is 0 Å². The molecule has 21 heavy (non-hydrogen) atoms. The quantitative estimate of drug-likeness (QED) is 0.931. The van der Waals surface area contributed by atoms with Crippen LogP contribution in [0.4, 0.5) is 0 Å². The largest absolute Gasteiger partial charge is 0.485 e. The average Bonchev–Trinajstić information content (AvgIpc) is 2.48. The maximum absolute atomic E-state index is 6.28. The van der Waals surface area contributed by atoms with E-state index in [4.69, 9.17) is 26.8 Å². The van der Waals surface area contributed by atoms with E-state index in [0.717, 1.165) is 28.9 Å². The highest BCUT2D eigenvalue weighted by Gasteiger charge is 2.27. The third-order valence-electron chi connectivity index (χ3n) is 3.74. The van der Waals surface area contributed by atoms with Gasteiger partial charge in [-0.1, -0.05) is 29.8 Å². The molecule has 0 amide bonds. The fourth-order valence-corrected chi connectivity index (χ4v) is 2.91. The van der Waals surface area contributed by atoms with Crippen LogP contribution in [-0.4, -0.2) is 7.11 Å². The van der Waals surface area contributed by atoms with E-state index >= 15 is 0 Å². The molecule has 1 aliphatic heterocycles. The molecule has 2 aromatic carbocycles. The normalized spacial score (nSPS) is 20.7. The zero-order valence-corrected chi connectivity index (χ0v) is 12.6. The Balaban J connectivity index is 1.88. The molecule has 110 valence electrons. The number of ether oxygens (including phenoxy) is 2. The first-order valence-electron chi connectivity index (χ1n) is 6.97. The molecule has 0 aliphatic carbocycles. The molecule has 0 bridgehead atoms. The summed E-state index contributed by atoms with van der Waals surface area (Å²) < 4.78 is 11.3. The van der Waals surface area contributed by atoms with Crippen LogP contribution in [0.15, 0.2) is 42.5 Å². The molecule has 2 aromatic rings. The Morgan fingerprint density at radius 2 is 2.14 bits per heavy atom. The van der Waals surface area contributed by atoms with Gasteiger partial charge in [0.1, 0.15) is 11.9 Å². The summed E-state index contributed by atoms with van der Waals surface area (Å²) in [6.45, 7) is 0.596. The van der Waals surface area contributed by atoms with Crippen molar-refractivity contribution in [2.24, 2.45) is 5.73 Å². The van der Waals surface area contributed by atoms with Gasteiger partial charge in [0, 0.05) is 30.2 Å². The lowest BCUT2D eigenvalue weighted by Crippen LogP contribution is -2.24. The summed E-state index contributed by atoms with van der Waals surface area (Å²) in [6.07, 6.45) is 0.703. The van der Waals surface area contributed by atoms with Crippen molar-refractivity contribution in [3.05, 3.63) is 64.2 Å². The molecule has 2 atom stereocenters. The van der Waals surface area contributed by atoms with Crippen LogP contribution in [-0.2, 0) is 11.3 Å². The zero-order valence-electron chi connectivity index (χ0n) is 11.9. The van der Waals surface area contributed by atoms with E-state index in [9.17, 15) is 0 Å². The maximum Gasteiger partial charge on any atom is 0.126 e. The first-order chi connectivity index (χ1) is 10.2. The molecule has 1 unspecified atom stereocenters. The molecule has 0 saturated heterocycles. The molecule has 0 fully saturated rings. The van der Waals surface area contributed by atoms with Crippen LogP contribution in [0.1, 0.15) is 35.3 Å². The topological polar surface area (TPSA) is 44.5 Å². The molecule has 0 aromatic heterocycles. The van der Waals surface area contributed by atoms with Crippen LogP contribution >= 0.6 is 11.6 Å². The minimum Gasteiger partial charge on any atom is -0.485 e. The molecule has 1 aliphatic rings. The molecule has 1 heterocycles. The molecule has 0 saturated carbocycles. The number of hydrogen-bond donors (Lipinski definition) is 1. The predicted molar refractivity (Wildman–Crippen MR) is 83.5 cm³/mol. The van der Waals surface area contributed by atoms with Crippen molar-refractivity contribution in [2.45, 2.75) is 25.2 Å². The molecule has 3 nitrogen and oxygen atoms in total. The van der Waals surface area contributed by atoms with E-state index in [-0.39, 0.29) is 12.1 Å². The maximum atomic E-state index is 6.28. The van der Waals surface area contributed by atoms with Crippen molar-refractivity contribution >= 4 is 11.6 Å². The standard InChI is InChI=1S/C17H18ClNO2/c1-20-10-11-3-2-4-12(7-11)17-9-15(19)14-8-13(18)5-6-16(14)21-17/h2-8,15,17H,9-10,19H2,1H3/t15-,17?/m1/s1. The van der Waals surface area contributed by atoms with Crippen LogP contribution in [0, 0.1) is 0 Å². The van der Waals surface area contributed by atoms with Gasteiger partial charge in [-0.25, -0.2) is 0 Å². The summed E-state index contributed by atoms with van der Waals surface area (Å²) in [5.74, 6) is 0.820. The molecule has 4 heteroatoms. The van der Waals surface area contributed by atoms with Crippen LogP contribution in [0.3, 0.4) is 0 Å². The smallest absolute Gasteiger partial charge is 0.126 e. The van der Waals surface area contributed by atoms with Gasteiger partial charge in [0.15, 0.2) is 0 Å². The van der Waals surface area contributed by atoms with Gasteiger partial charge in [-0.3, -0.25) is 0 Å². The van der Waals surface area contributed by atoms with Crippen LogP contribution in [0.2, 0.25) is 5.02 Å². The van der Waals surface area contributed by atoms with Gasteiger partial charge in [0.25, 0.3) is 0 Å². The lowest BCUT2D eigenvalue weighted by atomic mass is 9.93. The Morgan fingerprint density at radius 3 is 2.95 bits per heavy atom. The number of fused-ring (bicyclic) bond motifs is 1. The Morgan fingerprint density at radius 1 is 1.29 bits per heavy atom. The second-order valence-corrected chi connectivity index (χ2v) is 5.75. The average molecular weight is 304 g/mol. The third kappa shape index (κ3) is 3.05. The Kier molecular flexibility index (Phi) is 4.15. The fourth-order valence-electron chi connectivity index (χ4n) is 2.73. The number of halogens is 1. The van der Waals surface area contributed by atoms with E-state index < -0.39 is 0 Å². The van der Waals surface area contributed by atoms with Gasteiger partial charge in [0.2, 0.25) is 0 Å². The van der Waals surface area contributed by atoms with Gasteiger partial charge in [-0.05, 0) is 35.4 Å². The van der Waals surface area contributed by atoms with Gasteiger partial charge in [-0.2, -0.15) is 0 Å². The van der Waals surface area contributed by atoms with Crippen molar-refractivity contribution in [3.8, 4) is 5.75 Å². The molecule has 3 rings (SSSR count). The number of benzene rings is 2. The SMILES string of the molecule is COCc1cccc(C2C[C@@H](N)c3cc(Cl)ccc3O2)c1. The monoisotopic (exact) mass is 303 g/mol. The summed E-state index contributed by atoms with van der Waals surface area (Å²) in [6, 6.07) is 13.8. The second kappa shape index (κ2) is 6.06. The molecule has 0 spiro atoms. The minimum absolute atomic E-state index is 0.0366. The summed E-state index contributed by atoms with van der Waals surface area (Å²) in [4.78, 5) is 0. The highest BCUT2D eigenvalue weighted by atomic mass is 35.5. The Hall–Kier alpha value is -1.55. The van der Waals surface area contributed by atoms with E-state index in [1.165, 1.54) is 0 Å². The van der Waals surface area contributed by atoms with Gasteiger partial charge < -0.3 is 15.2 Å². The summed E-state index contributed by atoms with van der Waals surface area (Å²) in [5.41, 5.74) is 9.51. The van der Waals surface area contributed by atoms with Crippen LogP contribution in [0.25, 0.3) is 0 Å². The summed E-state index contributed by atoms with van der Waals surface area (Å²) >= 11 is 6.03. The molecular weight excluding hydrogens is 286 g/mol. The van der Waals surface area contributed by atoms with E-state index in [2.05, 4.69) is 12.1 Å². The van der Waals surface area contributed by atoms with Gasteiger partial charge in [-0.15, -0.1) is 0 Å². The minimum atomic E-state index is -0.0662. The lowest BCUT2D eigenvalue weighted by molar-refractivity contribution is 0.160.